The minimum Gasteiger partial charge on any atom is -0.384 e. The summed E-state index contributed by atoms with van der Waals surface area (Å²) in [5.41, 5.74) is 0.794. The van der Waals surface area contributed by atoms with Gasteiger partial charge in [0, 0.05) is 104 Å². The van der Waals surface area contributed by atoms with Crippen molar-refractivity contribution in [3.05, 3.63) is 87.4 Å². The number of nitrogens with zero attached hydrogens (tertiary/aromatic N) is 4. The van der Waals surface area contributed by atoms with Crippen molar-refractivity contribution in [2.75, 3.05) is 42.9 Å². The van der Waals surface area contributed by atoms with Crippen LogP contribution in [-0.2, 0) is 37.3 Å². The summed E-state index contributed by atoms with van der Waals surface area (Å²) in [7, 11) is 0. The van der Waals surface area contributed by atoms with Crippen LogP contribution in [0.25, 0.3) is 0 Å². The van der Waals surface area contributed by atoms with Crippen molar-refractivity contribution in [1.29, 1.82) is 0 Å². The molecule has 9 rings (SSSR count). The summed E-state index contributed by atoms with van der Waals surface area (Å²) < 4.78 is 57.7. The highest BCUT2D eigenvalue weighted by atomic mass is 35.5. The van der Waals surface area contributed by atoms with Crippen LogP contribution in [0, 0.1) is 17.2 Å². The number of anilines is 2. The molecule has 0 bridgehead atoms. The molecule has 346 valence electrons. The van der Waals surface area contributed by atoms with E-state index < -0.39 is 53.1 Å². The molecule has 13 nitrogen and oxygen atoms in total. The highest BCUT2D eigenvalue weighted by molar-refractivity contribution is 6.30. The zero-order valence-corrected chi connectivity index (χ0v) is 37.3. The summed E-state index contributed by atoms with van der Waals surface area (Å²) in [5.74, 6) is -3.07. The lowest BCUT2D eigenvalue weighted by Crippen LogP contribution is -2.52. The first-order chi connectivity index (χ1) is 30.8. The smallest absolute Gasteiger partial charge is 0.384 e. The number of imide groups is 1. The first-order valence-electron chi connectivity index (χ1n) is 22.5. The standard InChI is InChI=1S/C47H53ClF4N8O5/c1-45(2,3)21-36-46(24-54-33-20-35(47(50,51)52)53-22-31(33)46)38(30-5-4-6-32(48)39(30)49)40(56-36)42(63)55-27-9-7-25(8-10-27)43(64)59-17-15-58(16-18-59)28-11-12-29-26(19-28)23-60(44(29)65)34-13-14-37(61)57-41(34)62/h4-6,11-12,19-20,22,25,27,34,36,38,40,54,56H,7-10,13-18,21,23-24H2,1-3H3,(H,55,63)(H,57,61,62)/t25?,27?,34?,36-,38-,40+,46-/m0/s1. The summed E-state index contributed by atoms with van der Waals surface area (Å²) in [5, 5.41) is 12.1. The zero-order valence-electron chi connectivity index (χ0n) is 36.5. The lowest BCUT2D eigenvalue weighted by Gasteiger charge is -2.39. The predicted octanol–water partition coefficient (Wildman–Crippen LogP) is 5.90. The second-order valence-corrected chi connectivity index (χ2v) is 20.1. The third kappa shape index (κ3) is 8.31. The van der Waals surface area contributed by atoms with E-state index in [1.54, 1.807) is 18.2 Å². The van der Waals surface area contributed by atoms with Crippen molar-refractivity contribution in [1.82, 2.24) is 30.7 Å². The van der Waals surface area contributed by atoms with Crippen molar-refractivity contribution in [2.45, 2.75) is 114 Å². The fourth-order valence-electron chi connectivity index (χ4n) is 11.3. The van der Waals surface area contributed by atoms with Gasteiger partial charge in [0.15, 0.2) is 0 Å². The number of halogens is 5. The van der Waals surface area contributed by atoms with Crippen LogP contribution in [-0.4, -0.2) is 101 Å². The van der Waals surface area contributed by atoms with Gasteiger partial charge < -0.3 is 30.7 Å². The van der Waals surface area contributed by atoms with Crippen LogP contribution in [0.15, 0.2) is 48.7 Å². The Bertz CT molecular complexity index is 2430. The molecule has 5 atom stereocenters. The van der Waals surface area contributed by atoms with Gasteiger partial charge in [0.05, 0.1) is 11.1 Å². The molecular formula is C47H53ClF4N8O5. The van der Waals surface area contributed by atoms with Crippen molar-refractivity contribution >= 4 is 52.5 Å². The Hall–Kier alpha value is -5.29. The van der Waals surface area contributed by atoms with Crippen molar-refractivity contribution in [2.24, 2.45) is 11.3 Å². The van der Waals surface area contributed by atoms with Crippen LogP contribution in [0.4, 0.5) is 28.9 Å². The molecule has 3 saturated heterocycles. The van der Waals surface area contributed by atoms with Gasteiger partial charge in [0.25, 0.3) is 5.91 Å². The van der Waals surface area contributed by atoms with Gasteiger partial charge in [-0.15, -0.1) is 0 Å². The minimum absolute atomic E-state index is 0.0736. The average Bonchev–Trinajstić information content (AvgIpc) is 3.91. The van der Waals surface area contributed by atoms with Crippen LogP contribution in [0.2, 0.25) is 5.02 Å². The molecular weight excluding hydrogens is 868 g/mol. The van der Waals surface area contributed by atoms with Crippen molar-refractivity contribution in [3.8, 4) is 0 Å². The predicted molar refractivity (Wildman–Crippen MR) is 234 cm³/mol. The normalized spacial score (nSPS) is 28.0. The molecule has 3 aromatic rings. The van der Waals surface area contributed by atoms with Gasteiger partial charge in [0.2, 0.25) is 23.6 Å². The summed E-state index contributed by atoms with van der Waals surface area (Å²) in [6.07, 6.45) is -0.215. The van der Waals surface area contributed by atoms with E-state index in [1.165, 1.54) is 17.2 Å². The molecule has 2 aromatic carbocycles. The van der Waals surface area contributed by atoms with Gasteiger partial charge in [-0.3, -0.25) is 34.3 Å². The van der Waals surface area contributed by atoms with Crippen LogP contribution >= 0.6 is 11.6 Å². The first kappa shape index (κ1) is 44.9. The number of amides is 5. The molecule has 1 aromatic heterocycles. The number of benzene rings is 2. The quantitative estimate of drug-likeness (QED) is 0.168. The second-order valence-electron chi connectivity index (χ2n) is 19.7. The van der Waals surface area contributed by atoms with Gasteiger partial charge in [-0.25, -0.2) is 4.39 Å². The number of hydrogen-bond acceptors (Lipinski definition) is 9. The fraction of sp³-hybridized carbons (Fsp3) is 0.532. The first-order valence-corrected chi connectivity index (χ1v) is 22.8. The largest absolute Gasteiger partial charge is 0.433 e. The number of fused-ring (bicyclic) bond motifs is 3. The summed E-state index contributed by atoms with van der Waals surface area (Å²) in [6.45, 7) is 8.78. The minimum atomic E-state index is -4.67. The molecule has 1 saturated carbocycles. The molecule has 65 heavy (non-hydrogen) atoms. The van der Waals surface area contributed by atoms with Gasteiger partial charge in [0.1, 0.15) is 17.6 Å². The molecule has 18 heteroatoms. The van der Waals surface area contributed by atoms with Gasteiger partial charge in [-0.2, -0.15) is 13.2 Å². The number of pyridine rings is 1. The number of piperazine rings is 1. The lowest BCUT2D eigenvalue weighted by atomic mass is 9.63. The molecule has 1 unspecified atom stereocenters. The van der Waals surface area contributed by atoms with E-state index in [-0.39, 0.29) is 76.8 Å². The monoisotopic (exact) mass is 920 g/mol. The maximum atomic E-state index is 16.2. The topological polar surface area (TPSA) is 156 Å². The van der Waals surface area contributed by atoms with Crippen LogP contribution in [0.1, 0.15) is 104 Å². The van der Waals surface area contributed by atoms with E-state index >= 15 is 4.39 Å². The van der Waals surface area contributed by atoms with Gasteiger partial charge in [-0.05, 0) is 85.4 Å². The number of piperidine rings is 1. The Morgan fingerprint density at radius 2 is 1.71 bits per heavy atom. The SMILES string of the molecule is CC(C)(C)C[C@@H]1N[C@@H](C(=O)NC2CCC(C(=O)N3CCN(c4ccc5c(c4)CN(C4CCC(=O)NC4=O)C5=O)CC3)CC2)[C@H](c2cccc(Cl)c2F)[C@]12CNc1cc(C(F)(F)F)ncc12. The summed E-state index contributed by atoms with van der Waals surface area (Å²) in [6, 6.07) is 8.88. The third-order valence-electron chi connectivity index (χ3n) is 14.5. The number of carbonyl (C=O) groups excluding carboxylic acids is 5. The van der Waals surface area contributed by atoms with E-state index in [9.17, 15) is 37.1 Å². The lowest BCUT2D eigenvalue weighted by molar-refractivity contribution is -0.141. The van der Waals surface area contributed by atoms with E-state index in [4.69, 9.17) is 11.6 Å². The zero-order chi connectivity index (χ0) is 46.2. The van der Waals surface area contributed by atoms with E-state index in [1.807, 2.05) is 37.8 Å². The Kier molecular flexibility index (Phi) is 11.6. The Morgan fingerprint density at radius 1 is 0.969 bits per heavy atom. The molecule has 1 aliphatic carbocycles. The van der Waals surface area contributed by atoms with Crippen molar-refractivity contribution < 1.29 is 41.5 Å². The number of hydrogen-bond donors (Lipinski definition) is 4. The molecule has 6 aliphatic rings. The third-order valence-corrected chi connectivity index (χ3v) is 14.8. The molecule has 4 fully saturated rings. The number of carbonyl (C=O) groups is 5. The molecule has 0 radical (unpaired) electrons. The van der Waals surface area contributed by atoms with Crippen LogP contribution in [0.3, 0.4) is 0 Å². The molecule has 1 spiro atoms. The van der Waals surface area contributed by atoms with Crippen LogP contribution in [0.5, 0.6) is 0 Å². The Morgan fingerprint density at radius 3 is 2.40 bits per heavy atom. The average molecular weight is 921 g/mol. The van der Waals surface area contributed by atoms with E-state index in [0.29, 0.717) is 75.8 Å². The highest BCUT2D eigenvalue weighted by Crippen LogP contribution is 2.56. The molecule has 4 N–H and O–H groups in total. The van der Waals surface area contributed by atoms with Gasteiger partial charge in [-0.1, -0.05) is 44.5 Å². The second kappa shape index (κ2) is 16.9. The van der Waals surface area contributed by atoms with E-state index in [0.717, 1.165) is 17.3 Å². The van der Waals surface area contributed by atoms with E-state index in [2.05, 4.69) is 31.2 Å². The number of rotatable bonds is 7. The maximum Gasteiger partial charge on any atom is 0.433 e. The number of nitrogens with one attached hydrogen (secondary N) is 4. The van der Waals surface area contributed by atoms with Crippen molar-refractivity contribution in [3.63, 3.8) is 0 Å². The fourth-order valence-corrected chi connectivity index (χ4v) is 11.5. The molecule has 5 amide bonds. The maximum absolute atomic E-state index is 16.2. The van der Waals surface area contributed by atoms with Crippen LogP contribution < -0.4 is 26.2 Å². The number of alkyl halides is 3. The number of aromatic nitrogens is 1. The van der Waals surface area contributed by atoms with Gasteiger partial charge >= 0.3 is 6.18 Å². The molecule has 6 heterocycles. The molecule has 5 aliphatic heterocycles. The highest BCUT2D eigenvalue weighted by Gasteiger charge is 2.62. The summed E-state index contributed by atoms with van der Waals surface area (Å²) >= 11 is 6.36. The Labute approximate surface area is 379 Å². The Balaban J connectivity index is 0.850. The summed E-state index contributed by atoms with van der Waals surface area (Å²) in [4.78, 5) is 75.3.